The van der Waals surface area contributed by atoms with Gasteiger partial charge in [0.05, 0.1) is 12.7 Å². The summed E-state index contributed by atoms with van der Waals surface area (Å²) in [4.78, 5) is 15.4. The van der Waals surface area contributed by atoms with Crippen molar-refractivity contribution < 1.29 is 58.5 Å². The monoisotopic (exact) mass is 807 g/mol. The number of halogens is 9. The highest BCUT2D eigenvalue weighted by molar-refractivity contribution is 8.76. The van der Waals surface area contributed by atoms with Crippen molar-refractivity contribution in [2.45, 2.75) is 140 Å². The predicted octanol–water partition coefficient (Wildman–Crippen LogP) is 11.7. The highest BCUT2D eigenvalue weighted by atomic mass is 33.1. The minimum absolute atomic E-state index is 0.153. The van der Waals surface area contributed by atoms with Gasteiger partial charge in [-0.25, -0.2) is 4.79 Å². The first kappa shape index (κ1) is 42.6. The number of hydrogen-bond donors (Lipinski definition) is 0. The molecule has 1 amide bonds. The minimum atomic E-state index is -6.75. The molecule has 0 N–H and O–H groups in total. The Kier molecular flexibility index (Phi) is 13.9. The maximum atomic E-state index is 13.5. The summed E-state index contributed by atoms with van der Waals surface area (Å²) in [6, 6.07) is 6.10. The van der Waals surface area contributed by atoms with E-state index < -0.39 is 37.2 Å². The van der Waals surface area contributed by atoms with Crippen molar-refractivity contribution in [1.29, 1.82) is 0 Å². The highest BCUT2D eigenvalue weighted by Gasteiger charge is 2.85. The van der Waals surface area contributed by atoms with Crippen LogP contribution in [0.2, 0.25) is 0 Å². The number of aryl methyl sites for hydroxylation is 1. The first-order valence-electron chi connectivity index (χ1n) is 18.8. The van der Waals surface area contributed by atoms with Gasteiger partial charge in [0.15, 0.2) is 0 Å². The van der Waals surface area contributed by atoms with E-state index in [1.54, 1.807) is 10.8 Å². The number of amides is 1. The summed E-state index contributed by atoms with van der Waals surface area (Å²) in [5.41, 5.74) is -4.16. The maximum Gasteiger partial charge on any atom is 0.435 e. The van der Waals surface area contributed by atoms with Crippen molar-refractivity contribution in [1.82, 2.24) is 4.90 Å². The zero-order chi connectivity index (χ0) is 38.7. The molecule has 4 aliphatic rings. The second-order valence-corrected chi connectivity index (χ2v) is 17.8. The van der Waals surface area contributed by atoms with E-state index in [2.05, 4.69) is 24.7 Å². The van der Waals surface area contributed by atoms with E-state index >= 15 is 0 Å². The van der Waals surface area contributed by atoms with Gasteiger partial charge in [-0.3, -0.25) is 0 Å². The van der Waals surface area contributed by atoms with Gasteiger partial charge in [-0.05, 0) is 104 Å². The Labute approximate surface area is 313 Å². The fourth-order valence-electron chi connectivity index (χ4n) is 9.25. The fourth-order valence-corrected chi connectivity index (χ4v) is 11.7. The molecule has 1 heterocycles. The van der Waals surface area contributed by atoms with Gasteiger partial charge in [-0.1, -0.05) is 67.2 Å². The first-order chi connectivity index (χ1) is 24.9. The lowest BCUT2D eigenvalue weighted by Crippen LogP contribution is -2.67. The molecule has 1 saturated heterocycles. The van der Waals surface area contributed by atoms with Crippen LogP contribution in [0, 0.1) is 17.3 Å². The van der Waals surface area contributed by atoms with Crippen molar-refractivity contribution in [3.8, 4) is 5.75 Å². The number of carbonyl (C=O) groups is 1. The molecular weight excluding hydrogens is 758 g/mol. The highest BCUT2D eigenvalue weighted by Crippen LogP contribution is 2.62. The van der Waals surface area contributed by atoms with Gasteiger partial charge in [0, 0.05) is 30.7 Å². The van der Waals surface area contributed by atoms with Crippen LogP contribution >= 0.6 is 21.6 Å². The summed E-state index contributed by atoms with van der Waals surface area (Å²) < 4.78 is 134. The molecular formula is C37H50F9NO4S2. The Morgan fingerprint density at radius 3 is 2.25 bits per heavy atom. The molecule has 16 heteroatoms. The van der Waals surface area contributed by atoms with Gasteiger partial charge in [0.25, 0.3) is 0 Å². The average Bonchev–Trinajstić information content (AvgIpc) is 3.42. The van der Waals surface area contributed by atoms with E-state index in [0.717, 1.165) is 81.3 Å². The summed E-state index contributed by atoms with van der Waals surface area (Å²) in [6.45, 7) is 3.20. The van der Waals surface area contributed by atoms with Gasteiger partial charge in [0.1, 0.15) is 5.75 Å². The van der Waals surface area contributed by atoms with Gasteiger partial charge >= 0.3 is 30.2 Å². The average molecular weight is 808 g/mol. The van der Waals surface area contributed by atoms with Gasteiger partial charge in [0.2, 0.25) is 0 Å². The van der Waals surface area contributed by atoms with Crippen molar-refractivity contribution in [3.05, 3.63) is 29.3 Å². The molecule has 0 radical (unpaired) electrons. The van der Waals surface area contributed by atoms with Crippen LogP contribution < -0.4 is 4.74 Å². The number of ether oxygens (including phenoxy) is 3. The maximum absolute atomic E-state index is 13.5. The largest absolute Gasteiger partial charge is 0.435 e. The molecule has 1 aromatic rings. The number of alkyl halides is 9. The van der Waals surface area contributed by atoms with E-state index in [1.807, 2.05) is 27.8 Å². The first-order valence-corrected chi connectivity index (χ1v) is 21.2. The number of rotatable bonds is 14. The zero-order valence-corrected chi connectivity index (χ0v) is 31.8. The summed E-state index contributed by atoms with van der Waals surface area (Å²) in [5.74, 6) is 3.31. The Morgan fingerprint density at radius 2 is 1.58 bits per heavy atom. The summed E-state index contributed by atoms with van der Waals surface area (Å²) in [6.07, 6.45) is -10.2. The zero-order valence-electron chi connectivity index (χ0n) is 30.1. The minimum Gasteiger partial charge on any atom is -0.410 e. The molecule has 2 saturated carbocycles. The van der Waals surface area contributed by atoms with E-state index in [1.165, 1.54) is 12.0 Å². The second kappa shape index (κ2) is 17.3. The molecule has 1 aromatic carbocycles. The van der Waals surface area contributed by atoms with E-state index in [0.29, 0.717) is 24.6 Å². The van der Waals surface area contributed by atoms with Crippen LogP contribution in [0.1, 0.15) is 108 Å². The van der Waals surface area contributed by atoms with E-state index in [4.69, 9.17) is 9.47 Å². The SMILES string of the molecule is CCCCCCCN(C(=O)Oc1ccc2c(c1)CCC1C2CCC2(C)C(OCCCOC(C(F)(F)F)(C(F)(F)F)C(F)(F)F)CCC12)C1CCSSC1. The lowest BCUT2D eigenvalue weighted by molar-refractivity contribution is -0.457. The Balaban J connectivity index is 1.17. The Morgan fingerprint density at radius 1 is 0.868 bits per heavy atom. The molecule has 302 valence electrons. The lowest BCUT2D eigenvalue weighted by atomic mass is 9.55. The number of fused-ring (bicyclic) bond motifs is 5. The molecule has 5 rings (SSSR count). The normalized spacial score (nSPS) is 27.9. The van der Waals surface area contributed by atoms with Gasteiger partial charge in [-0.2, -0.15) is 39.5 Å². The van der Waals surface area contributed by atoms with Crippen molar-refractivity contribution >= 4 is 27.7 Å². The molecule has 6 unspecified atom stereocenters. The smallest absolute Gasteiger partial charge is 0.410 e. The van der Waals surface area contributed by atoms with Crippen LogP contribution in [-0.2, 0) is 15.9 Å². The fraction of sp³-hybridized carbons (Fsp3) is 0.811. The van der Waals surface area contributed by atoms with Crippen molar-refractivity contribution in [3.63, 3.8) is 0 Å². The topological polar surface area (TPSA) is 48.0 Å². The van der Waals surface area contributed by atoms with Crippen LogP contribution in [0.5, 0.6) is 5.75 Å². The van der Waals surface area contributed by atoms with Crippen LogP contribution in [-0.4, -0.2) is 78.5 Å². The standard InChI is InChI=1S/C37H50F9NO4S2/c1-3-4-5-6-7-18-47(25-16-21-52-53-23-25)32(48)51-26-10-12-27-24(22-26)9-11-29-28(27)15-17-33(2)30(29)13-14-31(33)49-19-8-20-50-34(35(38,39)40,36(41,42)43)37(44,45)46/h10,12,22,25,28-31H,3-9,11,13-21,23H2,1-2H3. The Hall–Kier alpha value is -1.52. The quantitative estimate of drug-likeness (QED) is 0.106. The van der Waals surface area contributed by atoms with Crippen LogP contribution in [0.25, 0.3) is 0 Å². The summed E-state index contributed by atoms with van der Waals surface area (Å²) in [7, 11) is 3.63. The molecule has 5 nitrogen and oxygen atoms in total. The van der Waals surface area contributed by atoms with Crippen molar-refractivity contribution in [2.75, 3.05) is 31.3 Å². The molecule has 0 bridgehead atoms. The molecule has 3 aliphatic carbocycles. The number of nitrogens with zero attached hydrogens (tertiary/aromatic N) is 1. The van der Waals surface area contributed by atoms with Gasteiger partial charge < -0.3 is 19.1 Å². The third kappa shape index (κ3) is 9.05. The van der Waals surface area contributed by atoms with Crippen LogP contribution in [0.3, 0.4) is 0 Å². The summed E-state index contributed by atoms with van der Waals surface area (Å²) in [5, 5.41) is 0. The number of benzene rings is 1. The molecule has 0 spiro atoms. The molecule has 53 heavy (non-hydrogen) atoms. The Bertz CT molecular complexity index is 1330. The number of unbranched alkanes of at least 4 members (excludes halogenated alkanes) is 4. The van der Waals surface area contributed by atoms with Gasteiger partial charge in [-0.15, -0.1) is 0 Å². The molecule has 6 atom stereocenters. The predicted molar refractivity (Wildman–Crippen MR) is 187 cm³/mol. The third-order valence-corrected chi connectivity index (χ3v) is 14.5. The van der Waals surface area contributed by atoms with Crippen LogP contribution in [0.15, 0.2) is 18.2 Å². The second-order valence-electron chi connectivity index (χ2n) is 15.2. The number of hydrogen-bond acceptors (Lipinski definition) is 6. The third-order valence-electron chi connectivity index (χ3n) is 12.0. The molecule has 0 aromatic heterocycles. The molecule has 3 fully saturated rings. The van der Waals surface area contributed by atoms with Crippen molar-refractivity contribution in [2.24, 2.45) is 17.3 Å². The summed E-state index contributed by atoms with van der Waals surface area (Å²) >= 11 is 0. The molecule has 1 aliphatic heterocycles. The van der Waals surface area contributed by atoms with E-state index in [-0.39, 0.29) is 42.1 Å². The number of carbonyl (C=O) groups excluding carboxylic acids is 1. The van der Waals surface area contributed by atoms with E-state index in [9.17, 15) is 44.3 Å². The van der Waals surface area contributed by atoms with Crippen LogP contribution in [0.4, 0.5) is 44.3 Å². The lowest BCUT2D eigenvalue weighted by Gasteiger charge is -2.50.